The number of rotatable bonds is 7. The Morgan fingerprint density at radius 1 is 1.07 bits per heavy atom. The highest BCUT2D eigenvalue weighted by Crippen LogP contribution is 2.15. The number of anilines is 1. The Labute approximate surface area is 183 Å². The summed E-state index contributed by atoms with van der Waals surface area (Å²) in [6, 6.07) is 15.6. The first-order valence-corrected chi connectivity index (χ1v) is 9.08. The van der Waals surface area contributed by atoms with Gasteiger partial charge in [-0.3, -0.25) is 4.79 Å². The lowest BCUT2D eigenvalue weighted by molar-refractivity contribution is -0.114. The number of halogens is 2. The van der Waals surface area contributed by atoms with E-state index in [-0.39, 0.29) is 29.9 Å². The van der Waals surface area contributed by atoms with E-state index in [9.17, 15) is 4.79 Å². The second kappa shape index (κ2) is 12.6. The van der Waals surface area contributed by atoms with Crippen LogP contribution in [0.1, 0.15) is 25.0 Å². The molecule has 2 rings (SSSR count). The van der Waals surface area contributed by atoms with Crippen molar-refractivity contribution in [1.82, 2.24) is 10.6 Å². The minimum Gasteiger partial charge on any atom is -0.357 e. The van der Waals surface area contributed by atoms with Gasteiger partial charge in [-0.05, 0) is 42.7 Å². The molecule has 0 bridgehead atoms. The molecular formula is C20H26ClIN4O. The zero-order valence-corrected chi connectivity index (χ0v) is 18.7. The molecule has 0 spiro atoms. The van der Waals surface area contributed by atoms with Gasteiger partial charge in [0.25, 0.3) is 0 Å². The van der Waals surface area contributed by atoms with Crippen molar-refractivity contribution in [2.45, 2.75) is 26.8 Å². The summed E-state index contributed by atoms with van der Waals surface area (Å²) in [5, 5.41) is 10.1. The molecule has 0 aliphatic heterocycles. The molecule has 0 atom stereocenters. The highest BCUT2D eigenvalue weighted by molar-refractivity contribution is 14.0. The van der Waals surface area contributed by atoms with Crippen molar-refractivity contribution < 1.29 is 4.79 Å². The highest BCUT2D eigenvalue weighted by atomic mass is 127. The lowest BCUT2D eigenvalue weighted by Gasteiger charge is -2.12. The topological polar surface area (TPSA) is 65.5 Å². The molecule has 0 radical (unpaired) electrons. The predicted molar refractivity (Wildman–Crippen MR) is 124 cm³/mol. The molecular weight excluding hydrogens is 475 g/mol. The monoisotopic (exact) mass is 500 g/mol. The zero-order chi connectivity index (χ0) is 18.8. The molecule has 0 unspecified atom stereocenters. The maximum absolute atomic E-state index is 11.0. The smallest absolute Gasteiger partial charge is 0.221 e. The largest absolute Gasteiger partial charge is 0.357 e. The van der Waals surface area contributed by atoms with E-state index in [2.05, 4.69) is 20.9 Å². The molecule has 3 N–H and O–H groups in total. The van der Waals surface area contributed by atoms with Gasteiger partial charge in [-0.15, -0.1) is 24.0 Å². The van der Waals surface area contributed by atoms with Crippen LogP contribution >= 0.6 is 35.6 Å². The molecule has 7 heteroatoms. The van der Waals surface area contributed by atoms with Crippen molar-refractivity contribution in [1.29, 1.82) is 0 Å². The Bertz CT molecular complexity index is 750. The first-order chi connectivity index (χ1) is 12.6. The van der Waals surface area contributed by atoms with Crippen LogP contribution in [-0.2, 0) is 17.8 Å². The zero-order valence-electron chi connectivity index (χ0n) is 15.6. The van der Waals surface area contributed by atoms with Crippen LogP contribution in [0.2, 0.25) is 5.02 Å². The van der Waals surface area contributed by atoms with Gasteiger partial charge in [-0.25, -0.2) is 4.99 Å². The summed E-state index contributed by atoms with van der Waals surface area (Å²) in [4.78, 5) is 15.6. The predicted octanol–water partition coefficient (Wildman–Crippen LogP) is 4.21. The molecule has 5 nitrogen and oxygen atoms in total. The number of carbonyl (C=O) groups is 1. The summed E-state index contributed by atoms with van der Waals surface area (Å²) in [6.07, 6.45) is 0.858. The number of nitrogens with one attached hydrogen (secondary N) is 3. The Morgan fingerprint density at radius 2 is 1.78 bits per heavy atom. The Balaban J connectivity index is 0.00000364. The van der Waals surface area contributed by atoms with Crippen molar-refractivity contribution in [3.63, 3.8) is 0 Å². The molecule has 2 aromatic rings. The van der Waals surface area contributed by atoms with Crippen LogP contribution in [-0.4, -0.2) is 25.0 Å². The van der Waals surface area contributed by atoms with Gasteiger partial charge in [-0.2, -0.15) is 0 Å². The first-order valence-electron chi connectivity index (χ1n) is 8.70. The number of carbonyl (C=O) groups excluding carboxylic acids is 1. The average Bonchev–Trinajstić information content (AvgIpc) is 2.62. The summed E-state index contributed by atoms with van der Waals surface area (Å²) in [7, 11) is 0. The second-order valence-corrected chi connectivity index (χ2v) is 6.25. The van der Waals surface area contributed by atoms with Crippen molar-refractivity contribution >= 4 is 53.1 Å². The van der Waals surface area contributed by atoms with Crippen LogP contribution in [0.15, 0.2) is 53.5 Å². The third-order valence-corrected chi connectivity index (χ3v) is 4.06. The van der Waals surface area contributed by atoms with E-state index in [1.54, 1.807) is 0 Å². The molecule has 0 heterocycles. The van der Waals surface area contributed by atoms with Gasteiger partial charge in [0.05, 0.1) is 6.54 Å². The van der Waals surface area contributed by atoms with Crippen molar-refractivity contribution in [3.8, 4) is 0 Å². The summed E-state index contributed by atoms with van der Waals surface area (Å²) in [5.74, 6) is 0.701. The van der Waals surface area contributed by atoms with Crippen molar-refractivity contribution in [3.05, 3.63) is 64.7 Å². The van der Waals surface area contributed by atoms with Gasteiger partial charge in [-0.1, -0.05) is 41.9 Å². The molecule has 0 fully saturated rings. The molecule has 0 aliphatic rings. The number of hydrogen-bond donors (Lipinski definition) is 3. The van der Waals surface area contributed by atoms with Crippen LogP contribution in [0.25, 0.3) is 0 Å². The second-order valence-electron chi connectivity index (χ2n) is 5.84. The highest BCUT2D eigenvalue weighted by Gasteiger charge is 2.01. The minimum absolute atomic E-state index is 0. The quantitative estimate of drug-likeness (QED) is 0.303. The SMILES string of the molecule is CCNC(=NCc1ccccc1Cl)NCCc1ccc(NC(C)=O)cc1.I. The number of guanidine groups is 1. The standard InChI is InChI=1S/C20H25ClN4O.HI/c1-3-22-20(24-14-17-6-4-5-7-19(17)21)23-13-12-16-8-10-18(11-9-16)25-15(2)26;/h4-11H,3,12-14H2,1-2H3,(H,25,26)(H2,22,23,24);1H. The molecule has 146 valence electrons. The molecule has 0 aromatic heterocycles. The van der Waals surface area contributed by atoms with Gasteiger partial charge >= 0.3 is 0 Å². The van der Waals surface area contributed by atoms with E-state index in [1.165, 1.54) is 12.5 Å². The molecule has 0 aliphatic carbocycles. The number of nitrogens with zero attached hydrogens (tertiary/aromatic N) is 1. The van der Waals surface area contributed by atoms with E-state index in [1.807, 2.05) is 55.5 Å². The Morgan fingerprint density at radius 3 is 2.41 bits per heavy atom. The molecule has 0 saturated carbocycles. The van der Waals surface area contributed by atoms with Crippen LogP contribution < -0.4 is 16.0 Å². The average molecular weight is 501 g/mol. The van der Waals surface area contributed by atoms with Crippen molar-refractivity contribution in [2.75, 3.05) is 18.4 Å². The van der Waals surface area contributed by atoms with Crippen molar-refractivity contribution in [2.24, 2.45) is 4.99 Å². The van der Waals surface area contributed by atoms with E-state index >= 15 is 0 Å². The Hall–Kier alpha value is -1.80. The van der Waals surface area contributed by atoms with Gasteiger partial charge in [0, 0.05) is 30.7 Å². The van der Waals surface area contributed by atoms with E-state index < -0.39 is 0 Å². The van der Waals surface area contributed by atoms with Crippen LogP contribution in [0.3, 0.4) is 0 Å². The molecule has 2 aromatic carbocycles. The van der Waals surface area contributed by atoms with Crippen LogP contribution in [0.4, 0.5) is 5.69 Å². The maximum Gasteiger partial charge on any atom is 0.221 e. The number of amides is 1. The third kappa shape index (κ3) is 8.62. The maximum atomic E-state index is 11.0. The van der Waals surface area contributed by atoms with E-state index in [0.717, 1.165) is 41.7 Å². The van der Waals surface area contributed by atoms with Gasteiger partial charge < -0.3 is 16.0 Å². The van der Waals surface area contributed by atoms with Gasteiger partial charge in [0.2, 0.25) is 5.91 Å². The lowest BCUT2D eigenvalue weighted by atomic mass is 10.1. The van der Waals surface area contributed by atoms with E-state index in [0.29, 0.717) is 6.54 Å². The first kappa shape index (κ1) is 23.2. The van der Waals surface area contributed by atoms with Gasteiger partial charge in [0.1, 0.15) is 0 Å². The summed E-state index contributed by atoms with van der Waals surface area (Å²) < 4.78 is 0. The number of aliphatic imine (C=N–C) groups is 1. The summed E-state index contributed by atoms with van der Waals surface area (Å²) in [5.41, 5.74) is 3.00. The molecule has 27 heavy (non-hydrogen) atoms. The normalized spacial score (nSPS) is 10.7. The van der Waals surface area contributed by atoms with Crippen LogP contribution in [0.5, 0.6) is 0 Å². The minimum atomic E-state index is -0.0653. The fraction of sp³-hybridized carbons (Fsp3) is 0.300. The van der Waals surface area contributed by atoms with Gasteiger partial charge in [0.15, 0.2) is 5.96 Å². The number of hydrogen-bond acceptors (Lipinski definition) is 2. The molecule has 0 saturated heterocycles. The Kier molecular flexibility index (Phi) is 10.8. The third-order valence-electron chi connectivity index (χ3n) is 3.69. The molecule has 1 amide bonds. The summed E-state index contributed by atoms with van der Waals surface area (Å²) in [6.45, 7) is 5.61. The van der Waals surface area contributed by atoms with Crippen LogP contribution in [0, 0.1) is 0 Å². The fourth-order valence-corrected chi connectivity index (χ4v) is 2.61. The fourth-order valence-electron chi connectivity index (χ4n) is 2.42. The van der Waals surface area contributed by atoms with E-state index in [4.69, 9.17) is 11.6 Å². The summed E-state index contributed by atoms with van der Waals surface area (Å²) >= 11 is 6.18. The lowest BCUT2D eigenvalue weighted by Crippen LogP contribution is -2.38. The number of benzene rings is 2.